The van der Waals surface area contributed by atoms with Crippen molar-refractivity contribution >= 4 is 39.1 Å². The number of nitrogens with zero attached hydrogens (tertiary/aromatic N) is 2. The summed E-state index contributed by atoms with van der Waals surface area (Å²) in [6.07, 6.45) is 2.14. The molecule has 1 aliphatic rings. The van der Waals surface area contributed by atoms with Crippen LogP contribution in [0.2, 0.25) is 5.02 Å². The molecule has 29 heavy (non-hydrogen) atoms. The summed E-state index contributed by atoms with van der Waals surface area (Å²) < 4.78 is 28.4. The number of nitrogens with one attached hydrogen (secondary N) is 2. The lowest BCUT2D eigenvalue weighted by Crippen LogP contribution is -2.44. The van der Waals surface area contributed by atoms with Crippen molar-refractivity contribution < 1.29 is 18.0 Å². The Kier molecular flexibility index (Phi) is 6.15. The molecule has 1 saturated heterocycles. The number of carbonyl (C=O) groups excluding carboxylic acids is 2. The summed E-state index contributed by atoms with van der Waals surface area (Å²) in [5.74, 6) is -1.22. The van der Waals surface area contributed by atoms with Crippen molar-refractivity contribution in [2.45, 2.75) is 17.7 Å². The molecule has 3 rings (SSSR count). The van der Waals surface area contributed by atoms with Gasteiger partial charge in [-0.2, -0.15) is 4.31 Å². The highest BCUT2D eigenvalue weighted by Gasteiger charge is 2.33. The molecule has 0 unspecified atom stereocenters. The Morgan fingerprint density at radius 2 is 1.90 bits per heavy atom. The number of nitrogens with two attached hydrogens (primary N) is 1. The van der Waals surface area contributed by atoms with Crippen LogP contribution in [0, 0.1) is 5.92 Å². The maximum absolute atomic E-state index is 12.8. The Morgan fingerprint density at radius 3 is 2.48 bits per heavy atom. The molecule has 2 heterocycles. The van der Waals surface area contributed by atoms with Gasteiger partial charge in [0.15, 0.2) is 0 Å². The van der Waals surface area contributed by atoms with Crippen molar-refractivity contribution in [3.05, 3.63) is 47.2 Å². The second kappa shape index (κ2) is 8.44. The Balaban J connectivity index is 1.58. The molecule has 11 heteroatoms. The SMILES string of the molecule is Cn1cc(S(=O)(=O)N2CCC(C(=O)NNc3cccc(Cl)c3)CC2)cc1C(N)=O. The van der Waals surface area contributed by atoms with Gasteiger partial charge in [-0.15, -0.1) is 0 Å². The van der Waals surface area contributed by atoms with Crippen LogP contribution >= 0.6 is 11.6 Å². The average molecular weight is 440 g/mol. The number of aryl methyl sites for hydroxylation is 1. The van der Waals surface area contributed by atoms with Gasteiger partial charge in [-0.05, 0) is 37.1 Å². The molecule has 0 saturated carbocycles. The van der Waals surface area contributed by atoms with Gasteiger partial charge in [0.2, 0.25) is 15.9 Å². The largest absolute Gasteiger partial charge is 0.364 e. The van der Waals surface area contributed by atoms with Crippen molar-refractivity contribution in [1.82, 2.24) is 14.3 Å². The third-order valence-corrected chi connectivity index (χ3v) is 6.95. The normalized spacial score (nSPS) is 15.8. The fraction of sp³-hybridized carbons (Fsp3) is 0.333. The zero-order valence-electron chi connectivity index (χ0n) is 15.8. The zero-order valence-corrected chi connectivity index (χ0v) is 17.3. The van der Waals surface area contributed by atoms with E-state index in [0.717, 1.165) is 0 Å². The van der Waals surface area contributed by atoms with E-state index in [1.54, 1.807) is 31.3 Å². The smallest absolute Gasteiger partial charge is 0.265 e. The molecule has 1 aliphatic heterocycles. The van der Waals surface area contributed by atoms with E-state index in [-0.39, 0.29) is 35.5 Å². The summed E-state index contributed by atoms with van der Waals surface area (Å²) in [5, 5.41) is 0.545. The van der Waals surface area contributed by atoms with Gasteiger partial charge in [-0.25, -0.2) is 8.42 Å². The number of carbonyl (C=O) groups is 2. The summed E-state index contributed by atoms with van der Waals surface area (Å²) in [7, 11) is -2.21. The Hall–Kier alpha value is -2.56. The fourth-order valence-corrected chi connectivity index (χ4v) is 4.96. The number of benzene rings is 1. The first kappa shape index (κ1) is 21.2. The van der Waals surface area contributed by atoms with Crippen molar-refractivity contribution in [2.24, 2.45) is 18.7 Å². The lowest BCUT2D eigenvalue weighted by atomic mass is 9.98. The minimum absolute atomic E-state index is 0.0133. The van der Waals surface area contributed by atoms with Crippen LogP contribution in [0.15, 0.2) is 41.4 Å². The highest BCUT2D eigenvalue weighted by molar-refractivity contribution is 7.89. The van der Waals surface area contributed by atoms with E-state index in [2.05, 4.69) is 10.9 Å². The monoisotopic (exact) mass is 439 g/mol. The molecule has 0 bridgehead atoms. The Morgan fingerprint density at radius 1 is 1.21 bits per heavy atom. The first-order valence-electron chi connectivity index (χ1n) is 8.96. The minimum Gasteiger partial charge on any atom is -0.364 e. The van der Waals surface area contributed by atoms with Gasteiger partial charge >= 0.3 is 0 Å². The van der Waals surface area contributed by atoms with Crippen LogP contribution in [-0.2, 0) is 21.9 Å². The highest BCUT2D eigenvalue weighted by atomic mass is 35.5. The second-order valence-electron chi connectivity index (χ2n) is 6.84. The zero-order chi connectivity index (χ0) is 21.2. The molecule has 4 N–H and O–H groups in total. The number of piperidine rings is 1. The first-order chi connectivity index (χ1) is 13.7. The number of hydrogen-bond donors (Lipinski definition) is 3. The first-order valence-corrected chi connectivity index (χ1v) is 10.8. The molecular weight excluding hydrogens is 418 g/mol. The number of rotatable bonds is 6. The van der Waals surface area contributed by atoms with Crippen molar-refractivity contribution in [2.75, 3.05) is 18.5 Å². The van der Waals surface area contributed by atoms with Gasteiger partial charge in [-0.3, -0.25) is 20.4 Å². The quantitative estimate of drug-likeness (QED) is 0.585. The molecule has 0 atom stereocenters. The van der Waals surface area contributed by atoms with Gasteiger partial charge < -0.3 is 10.3 Å². The van der Waals surface area contributed by atoms with Crippen LogP contribution in [0.1, 0.15) is 23.3 Å². The van der Waals surface area contributed by atoms with Crippen LogP contribution in [0.25, 0.3) is 0 Å². The molecular formula is C18H22ClN5O4S. The van der Waals surface area contributed by atoms with Gasteiger partial charge in [0.1, 0.15) is 10.6 Å². The van der Waals surface area contributed by atoms with Crippen LogP contribution in [0.4, 0.5) is 5.69 Å². The number of hydrazine groups is 1. The van der Waals surface area contributed by atoms with Gasteiger partial charge in [0.05, 0.1) is 5.69 Å². The predicted molar refractivity (Wildman–Crippen MR) is 109 cm³/mol. The predicted octanol–water partition coefficient (Wildman–Crippen LogP) is 1.32. The van der Waals surface area contributed by atoms with E-state index in [1.807, 2.05) is 0 Å². The summed E-state index contributed by atoms with van der Waals surface area (Å²) >= 11 is 5.90. The molecule has 1 fully saturated rings. The van der Waals surface area contributed by atoms with Crippen molar-refractivity contribution in [3.63, 3.8) is 0 Å². The van der Waals surface area contributed by atoms with Crippen LogP contribution in [-0.4, -0.2) is 42.2 Å². The number of primary amides is 1. The second-order valence-corrected chi connectivity index (χ2v) is 9.21. The average Bonchev–Trinajstić information content (AvgIpc) is 3.09. The van der Waals surface area contributed by atoms with E-state index in [4.69, 9.17) is 17.3 Å². The molecule has 9 nitrogen and oxygen atoms in total. The number of halogens is 1. The molecule has 2 aromatic rings. The van der Waals surface area contributed by atoms with Crippen molar-refractivity contribution in [3.8, 4) is 0 Å². The van der Waals surface area contributed by atoms with Crippen molar-refractivity contribution in [1.29, 1.82) is 0 Å². The number of amides is 2. The Labute approximate surface area is 173 Å². The van der Waals surface area contributed by atoms with Gasteiger partial charge in [0, 0.05) is 37.3 Å². The molecule has 0 aliphatic carbocycles. The van der Waals surface area contributed by atoms with Gasteiger partial charge in [0.25, 0.3) is 5.91 Å². The Bertz CT molecular complexity index is 1030. The molecule has 0 spiro atoms. The minimum atomic E-state index is -3.76. The van der Waals surface area contributed by atoms with Crippen LogP contribution in [0.5, 0.6) is 0 Å². The highest BCUT2D eigenvalue weighted by Crippen LogP contribution is 2.25. The number of aromatic nitrogens is 1. The number of sulfonamides is 1. The van der Waals surface area contributed by atoms with E-state index < -0.39 is 15.9 Å². The summed E-state index contributed by atoms with van der Waals surface area (Å²) in [5.41, 5.74) is 11.5. The molecule has 0 radical (unpaired) electrons. The molecule has 2 amide bonds. The molecule has 156 valence electrons. The third-order valence-electron chi connectivity index (χ3n) is 4.85. The van der Waals surface area contributed by atoms with E-state index >= 15 is 0 Å². The third kappa shape index (κ3) is 4.72. The fourth-order valence-electron chi connectivity index (χ4n) is 3.23. The standard InChI is InChI=1S/C18H22ClN5O4S/c1-23-11-15(10-16(23)17(20)25)29(27,28)24-7-5-12(6-8-24)18(26)22-21-14-4-2-3-13(19)9-14/h2-4,9-12,21H,5-8H2,1H3,(H2,20,25)(H,22,26). The lowest BCUT2D eigenvalue weighted by molar-refractivity contribution is -0.125. The van der Waals surface area contributed by atoms with Crippen LogP contribution < -0.4 is 16.6 Å². The topological polar surface area (TPSA) is 127 Å². The lowest BCUT2D eigenvalue weighted by Gasteiger charge is -2.30. The summed E-state index contributed by atoms with van der Waals surface area (Å²) in [4.78, 5) is 23.8. The molecule has 1 aromatic heterocycles. The number of hydrogen-bond acceptors (Lipinski definition) is 5. The van der Waals surface area contributed by atoms with E-state index in [1.165, 1.54) is 21.1 Å². The maximum atomic E-state index is 12.8. The van der Waals surface area contributed by atoms with Gasteiger partial charge in [-0.1, -0.05) is 17.7 Å². The van der Waals surface area contributed by atoms with E-state index in [9.17, 15) is 18.0 Å². The maximum Gasteiger partial charge on any atom is 0.265 e. The number of anilines is 1. The molecule has 1 aromatic carbocycles. The van der Waals surface area contributed by atoms with Crippen LogP contribution in [0.3, 0.4) is 0 Å². The summed E-state index contributed by atoms with van der Waals surface area (Å²) in [6, 6.07) is 8.20. The summed E-state index contributed by atoms with van der Waals surface area (Å²) in [6.45, 7) is 0.413. The van der Waals surface area contributed by atoms with E-state index in [0.29, 0.717) is 23.6 Å².